The fourth-order valence-corrected chi connectivity index (χ4v) is 2.53. The highest BCUT2D eigenvalue weighted by atomic mass is 16.6. The van der Waals surface area contributed by atoms with Crippen LogP contribution in [0.2, 0.25) is 0 Å². The monoisotopic (exact) mass is 284 g/mol. The van der Waals surface area contributed by atoms with Crippen LogP contribution in [-0.4, -0.2) is 11.5 Å². The van der Waals surface area contributed by atoms with Gasteiger partial charge in [-0.2, -0.15) is 0 Å². The molecule has 0 radical (unpaired) electrons. The summed E-state index contributed by atoms with van der Waals surface area (Å²) < 4.78 is 5.63. The fourth-order valence-electron chi connectivity index (χ4n) is 2.53. The number of non-ortho nitro benzene ring substituents is 1. The third-order valence-electron chi connectivity index (χ3n) is 3.66. The zero-order chi connectivity index (χ0) is 14.7. The van der Waals surface area contributed by atoms with E-state index in [-0.39, 0.29) is 16.7 Å². The first kappa shape index (κ1) is 13.6. The molecule has 21 heavy (non-hydrogen) atoms. The van der Waals surface area contributed by atoms with Gasteiger partial charge in [-0.05, 0) is 11.6 Å². The predicted molar refractivity (Wildman–Crippen MR) is 79.2 cm³/mol. The molecule has 1 aliphatic rings. The number of rotatable bonds is 4. The Balaban J connectivity index is 1.67. The molecule has 0 saturated carbocycles. The lowest BCUT2D eigenvalue weighted by molar-refractivity contribution is -0.384. The second-order valence-corrected chi connectivity index (χ2v) is 5.03. The highest BCUT2D eigenvalue weighted by molar-refractivity contribution is 5.37. The molecule has 0 fully saturated rings. The van der Waals surface area contributed by atoms with Crippen LogP contribution in [0.3, 0.4) is 0 Å². The topological polar surface area (TPSA) is 64.4 Å². The molecule has 0 saturated heterocycles. The first-order valence-corrected chi connectivity index (χ1v) is 6.92. The van der Waals surface area contributed by atoms with E-state index >= 15 is 0 Å². The summed E-state index contributed by atoms with van der Waals surface area (Å²) in [6, 6.07) is 14.9. The SMILES string of the molecule is O=[N+]([O-])c1ccc(CNC2CCOc3ccccc32)cc1. The highest BCUT2D eigenvalue weighted by Gasteiger charge is 2.20. The quantitative estimate of drug-likeness (QED) is 0.691. The van der Waals surface area contributed by atoms with E-state index in [0.29, 0.717) is 13.2 Å². The minimum atomic E-state index is -0.383. The molecular formula is C16H16N2O3. The summed E-state index contributed by atoms with van der Waals surface area (Å²) in [5, 5.41) is 14.1. The van der Waals surface area contributed by atoms with Gasteiger partial charge < -0.3 is 10.1 Å². The summed E-state index contributed by atoms with van der Waals surface area (Å²) in [5.74, 6) is 0.935. The van der Waals surface area contributed by atoms with E-state index in [1.54, 1.807) is 12.1 Å². The number of fused-ring (bicyclic) bond motifs is 1. The molecule has 1 atom stereocenters. The van der Waals surface area contributed by atoms with Crippen molar-refractivity contribution >= 4 is 5.69 Å². The molecule has 2 aromatic carbocycles. The summed E-state index contributed by atoms with van der Waals surface area (Å²) in [7, 11) is 0. The number of nitro benzene ring substituents is 1. The number of hydrogen-bond acceptors (Lipinski definition) is 4. The Morgan fingerprint density at radius 2 is 1.95 bits per heavy atom. The van der Waals surface area contributed by atoms with Gasteiger partial charge in [-0.1, -0.05) is 30.3 Å². The summed E-state index contributed by atoms with van der Waals surface area (Å²) in [6.45, 7) is 1.38. The first-order chi connectivity index (χ1) is 10.2. The van der Waals surface area contributed by atoms with Crippen LogP contribution in [0.25, 0.3) is 0 Å². The molecule has 5 nitrogen and oxygen atoms in total. The van der Waals surface area contributed by atoms with E-state index in [1.807, 2.05) is 18.2 Å². The van der Waals surface area contributed by atoms with Crippen LogP contribution in [0.5, 0.6) is 5.75 Å². The lowest BCUT2D eigenvalue weighted by Crippen LogP contribution is -2.26. The van der Waals surface area contributed by atoms with Crippen LogP contribution in [0.4, 0.5) is 5.69 Å². The van der Waals surface area contributed by atoms with Gasteiger partial charge in [-0.25, -0.2) is 0 Å². The second-order valence-electron chi connectivity index (χ2n) is 5.03. The van der Waals surface area contributed by atoms with E-state index in [2.05, 4.69) is 11.4 Å². The third kappa shape index (κ3) is 3.03. The zero-order valence-electron chi connectivity index (χ0n) is 11.5. The van der Waals surface area contributed by atoms with E-state index in [9.17, 15) is 10.1 Å². The lowest BCUT2D eigenvalue weighted by Gasteiger charge is -2.26. The Labute approximate surface area is 122 Å². The van der Waals surface area contributed by atoms with Gasteiger partial charge in [0.15, 0.2) is 0 Å². The Morgan fingerprint density at radius 3 is 2.71 bits per heavy atom. The highest BCUT2D eigenvalue weighted by Crippen LogP contribution is 2.31. The van der Waals surface area contributed by atoms with Gasteiger partial charge in [-0.3, -0.25) is 10.1 Å². The van der Waals surface area contributed by atoms with Gasteiger partial charge in [0.1, 0.15) is 5.75 Å². The van der Waals surface area contributed by atoms with Crippen LogP contribution in [0.15, 0.2) is 48.5 Å². The van der Waals surface area contributed by atoms with Crippen LogP contribution in [0.1, 0.15) is 23.6 Å². The van der Waals surface area contributed by atoms with Crippen LogP contribution < -0.4 is 10.1 Å². The van der Waals surface area contributed by atoms with E-state index in [1.165, 1.54) is 17.7 Å². The molecule has 0 amide bonds. The molecule has 0 aromatic heterocycles. The van der Waals surface area contributed by atoms with Crippen molar-refractivity contribution in [2.45, 2.75) is 19.0 Å². The second kappa shape index (κ2) is 5.93. The minimum absolute atomic E-state index is 0.121. The minimum Gasteiger partial charge on any atom is -0.493 e. The molecule has 1 aliphatic heterocycles. The summed E-state index contributed by atoms with van der Waals surface area (Å²) in [6.07, 6.45) is 0.921. The maximum Gasteiger partial charge on any atom is 0.269 e. The summed E-state index contributed by atoms with van der Waals surface area (Å²) in [4.78, 5) is 10.2. The molecule has 5 heteroatoms. The average Bonchev–Trinajstić information content (AvgIpc) is 2.53. The van der Waals surface area contributed by atoms with Crippen LogP contribution in [-0.2, 0) is 6.54 Å². The van der Waals surface area contributed by atoms with Gasteiger partial charge in [-0.15, -0.1) is 0 Å². The summed E-state index contributed by atoms with van der Waals surface area (Å²) in [5.41, 5.74) is 2.32. The van der Waals surface area contributed by atoms with Crippen LogP contribution >= 0.6 is 0 Å². The average molecular weight is 284 g/mol. The first-order valence-electron chi connectivity index (χ1n) is 6.92. The molecule has 0 spiro atoms. The third-order valence-corrected chi connectivity index (χ3v) is 3.66. The number of benzene rings is 2. The lowest BCUT2D eigenvalue weighted by atomic mass is 10.0. The Bertz CT molecular complexity index is 640. The molecule has 1 heterocycles. The number of ether oxygens (including phenoxy) is 1. The van der Waals surface area contributed by atoms with Crippen molar-refractivity contribution in [1.29, 1.82) is 0 Å². The van der Waals surface area contributed by atoms with Crippen LogP contribution in [0, 0.1) is 10.1 Å². The number of hydrogen-bond donors (Lipinski definition) is 1. The molecule has 1 unspecified atom stereocenters. The van der Waals surface area contributed by atoms with Gasteiger partial charge >= 0.3 is 0 Å². The van der Waals surface area contributed by atoms with E-state index < -0.39 is 0 Å². The van der Waals surface area contributed by atoms with Crippen molar-refractivity contribution in [1.82, 2.24) is 5.32 Å². The van der Waals surface area contributed by atoms with Gasteiger partial charge in [0.25, 0.3) is 5.69 Å². The Kier molecular flexibility index (Phi) is 3.83. The predicted octanol–water partition coefficient (Wildman–Crippen LogP) is 3.21. The molecule has 0 bridgehead atoms. The number of para-hydroxylation sites is 1. The smallest absolute Gasteiger partial charge is 0.269 e. The van der Waals surface area contributed by atoms with Gasteiger partial charge in [0, 0.05) is 36.7 Å². The van der Waals surface area contributed by atoms with Gasteiger partial charge in [0.2, 0.25) is 0 Å². The van der Waals surface area contributed by atoms with Crippen molar-refractivity contribution in [2.24, 2.45) is 0 Å². The van der Waals surface area contributed by atoms with Crippen molar-refractivity contribution < 1.29 is 9.66 Å². The zero-order valence-corrected chi connectivity index (χ0v) is 11.5. The number of nitro groups is 1. The molecule has 2 aromatic rings. The van der Waals surface area contributed by atoms with E-state index in [0.717, 1.165) is 17.7 Å². The largest absolute Gasteiger partial charge is 0.493 e. The summed E-state index contributed by atoms with van der Waals surface area (Å²) >= 11 is 0. The Hall–Kier alpha value is -2.40. The standard InChI is InChI=1S/C16H16N2O3/c19-18(20)13-7-5-12(6-8-13)11-17-15-9-10-21-16-4-2-1-3-14(15)16/h1-8,15,17H,9-11H2. The van der Waals surface area contributed by atoms with Gasteiger partial charge in [0.05, 0.1) is 11.5 Å². The Morgan fingerprint density at radius 1 is 1.19 bits per heavy atom. The maximum atomic E-state index is 10.6. The molecule has 1 N–H and O–H groups in total. The number of nitrogens with zero attached hydrogens (tertiary/aromatic N) is 1. The molecular weight excluding hydrogens is 268 g/mol. The normalized spacial score (nSPS) is 16.9. The molecule has 0 aliphatic carbocycles. The fraction of sp³-hybridized carbons (Fsp3) is 0.250. The maximum absolute atomic E-state index is 10.6. The number of nitrogens with one attached hydrogen (secondary N) is 1. The van der Waals surface area contributed by atoms with Crippen molar-refractivity contribution in [3.8, 4) is 5.75 Å². The van der Waals surface area contributed by atoms with Crippen molar-refractivity contribution in [2.75, 3.05) is 6.61 Å². The molecule has 108 valence electrons. The van der Waals surface area contributed by atoms with Crippen molar-refractivity contribution in [3.05, 3.63) is 69.8 Å². The van der Waals surface area contributed by atoms with Crippen molar-refractivity contribution in [3.63, 3.8) is 0 Å². The van der Waals surface area contributed by atoms with E-state index in [4.69, 9.17) is 4.74 Å². The molecule has 3 rings (SSSR count).